The highest BCUT2D eigenvalue weighted by Crippen LogP contribution is 2.34. The van der Waals surface area contributed by atoms with Crippen LogP contribution in [0.2, 0.25) is 0 Å². The van der Waals surface area contributed by atoms with Gasteiger partial charge in [0.2, 0.25) is 5.95 Å². The molecule has 1 saturated carbocycles. The Balaban J connectivity index is 1.75. The Bertz CT molecular complexity index is 1020. The Morgan fingerprint density at radius 2 is 2.00 bits per heavy atom. The second kappa shape index (κ2) is 7.38. The molecule has 3 aromatic rings. The molecule has 1 N–H and O–H groups in total. The summed E-state index contributed by atoms with van der Waals surface area (Å²) < 4.78 is 2.07. The van der Waals surface area contributed by atoms with Crippen LogP contribution in [0.15, 0.2) is 30.6 Å². The summed E-state index contributed by atoms with van der Waals surface area (Å²) in [7, 11) is 3.51. The highest BCUT2D eigenvalue weighted by atomic mass is 16.2. The Hall–Kier alpha value is -3.29. The smallest absolute Gasteiger partial charge is 0.270 e. The molecule has 1 aliphatic rings. The van der Waals surface area contributed by atoms with Crippen molar-refractivity contribution in [3.8, 4) is 0 Å². The van der Waals surface area contributed by atoms with Gasteiger partial charge in [0.05, 0.1) is 0 Å². The molecule has 0 bridgehead atoms. The summed E-state index contributed by atoms with van der Waals surface area (Å²) in [6.45, 7) is 0. The molecular weight excluding hydrogens is 356 g/mol. The molecule has 0 spiro atoms. The molecule has 144 valence electrons. The third-order valence-electron chi connectivity index (χ3n) is 5.05. The zero-order valence-electron chi connectivity index (χ0n) is 15.9. The summed E-state index contributed by atoms with van der Waals surface area (Å²) in [5, 5.41) is 3.91. The maximum Gasteiger partial charge on any atom is 0.270 e. The lowest BCUT2D eigenvalue weighted by molar-refractivity contribution is 0.0815. The molecule has 28 heavy (non-hydrogen) atoms. The van der Waals surface area contributed by atoms with Crippen LogP contribution in [0.5, 0.6) is 0 Å². The first-order valence-corrected chi connectivity index (χ1v) is 9.34. The number of hydrogen-bond donors (Lipinski definition) is 1. The van der Waals surface area contributed by atoms with Crippen molar-refractivity contribution in [3.63, 3.8) is 0 Å². The molecule has 1 fully saturated rings. The summed E-state index contributed by atoms with van der Waals surface area (Å²) in [4.78, 5) is 38.3. The summed E-state index contributed by atoms with van der Waals surface area (Å²) in [6.07, 6.45) is 8.35. The van der Waals surface area contributed by atoms with E-state index < -0.39 is 0 Å². The molecule has 0 aromatic carbocycles. The predicted octanol–water partition coefficient (Wildman–Crippen LogP) is 3.20. The summed E-state index contributed by atoms with van der Waals surface area (Å²) in [6, 6.07) is 5.52. The maximum absolute atomic E-state index is 12.7. The van der Waals surface area contributed by atoms with Crippen molar-refractivity contribution in [2.24, 2.45) is 0 Å². The monoisotopic (exact) mass is 378 g/mol. The van der Waals surface area contributed by atoms with Gasteiger partial charge < -0.3 is 14.8 Å². The van der Waals surface area contributed by atoms with Crippen LogP contribution in [0, 0.1) is 0 Å². The standard InChI is InChI=1S/C20H22N6O2/c1-25(2)19(28)16-9-14-11-22-20(23-17-8-7-13(12-27)10-21-17)24-18(14)26(16)15-5-3-4-6-15/h7-12,15H,3-6H2,1-2H3,(H,21,22,23,24). The number of aldehydes is 1. The number of carbonyl (C=O) groups excluding carboxylic acids is 2. The number of rotatable bonds is 5. The molecule has 0 aliphatic heterocycles. The third-order valence-corrected chi connectivity index (χ3v) is 5.05. The molecule has 1 aliphatic carbocycles. The normalized spacial score (nSPS) is 14.4. The van der Waals surface area contributed by atoms with E-state index in [4.69, 9.17) is 0 Å². The number of carbonyl (C=O) groups is 2. The molecule has 1 amide bonds. The van der Waals surface area contributed by atoms with E-state index in [0.29, 0.717) is 23.0 Å². The first-order chi connectivity index (χ1) is 13.6. The number of aromatic nitrogens is 4. The highest BCUT2D eigenvalue weighted by Gasteiger charge is 2.26. The van der Waals surface area contributed by atoms with Crippen molar-refractivity contribution in [1.82, 2.24) is 24.4 Å². The van der Waals surface area contributed by atoms with Crippen LogP contribution in [0.4, 0.5) is 11.8 Å². The van der Waals surface area contributed by atoms with Crippen LogP contribution in [-0.4, -0.2) is 50.7 Å². The number of amides is 1. The molecule has 0 atom stereocenters. The Morgan fingerprint density at radius 3 is 2.64 bits per heavy atom. The average molecular weight is 378 g/mol. The van der Waals surface area contributed by atoms with Crippen LogP contribution in [0.1, 0.15) is 52.6 Å². The minimum atomic E-state index is -0.0365. The maximum atomic E-state index is 12.7. The Morgan fingerprint density at radius 1 is 1.21 bits per heavy atom. The topological polar surface area (TPSA) is 93.0 Å². The van der Waals surface area contributed by atoms with Crippen molar-refractivity contribution in [1.29, 1.82) is 0 Å². The van der Waals surface area contributed by atoms with Gasteiger partial charge in [-0.05, 0) is 31.0 Å². The minimum absolute atomic E-state index is 0.0365. The SMILES string of the molecule is CN(C)C(=O)c1cc2cnc(Nc3ccc(C=O)cn3)nc2n1C1CCCC1. The van der Waals surface area contributed by atoms with Gasteiger partial charge in [0.25, 0.3) is 5.91 Å². The van der Waals surface area contributed by atoms with E-state index in [2.05, 4.69) is 24.8 Å². The van der Waals surface area contributed by atoms with Crippen LogP contribution in [0.25, 0.3) is 11.0 Å². The second-order valence-corrected chi connectivity index (χ2v) is 7.23. The number of pyridine rings is 1. The van der Waals surface area contributed by atoms with E-state index in [1.165, 1.54) is 6.20 Å². The van der Waals surface area contributed by atoms with Crippen LogP contribution >= 0.6 is 0 Å². The molecule has 0 saturated heterocycles. The lowest BCUT2D eigenvalue weighted by atomic mass is 10.2. The van der Waals surface area contributed by atoms with E-state index in [0.717, 1.165) is 43.0 Å². The highest BCUT2D eigenvalue weighted by molar-refractivity contribution is 5.97. The van der Waals surface area contributed by atoms with Crippen molar-refractivity contribution >= 4 is 35.0 Å². The van der Waals surface area contributed by atoms with Gasteiger partial charge in [-0.25, -0.2) is 9.97 Å². The van der Waals surface area contributed by atoms with Crippen molar-refractivity contribution in [2.75, 3.05) is 19.4 Å². The number of nitrogens with one attached hydrogen (secondary N) is 1. The number of nitrogens with zero attached hydrogens (tertiary/aromatic N) is 5. The molecule has 8 nitrogen and oxygen atoms in total. The van der Waals surface area contributed by atoms with Crippen molar-refractivity contribution in [3.05, 3.63) is 41.9 Å². The lowest BCUT2D eigenvalue weighted by Gasteiger charge is -2.19. The zero-order chi connectivity index (χ0) is 19.7. The fourth-order valence-corrected chi connectivity index (χ4v) is 3.66. The number of anilines is 2. The molecule has 8 heteroatoms. The average Bonchev–Trinajstić information content (AvgIpc) is 3.35. The molecule has 4 rings (SSSR count). The van der Waals surface area contributed by atoms with E-state index in [1.54, 1.807) is 37.3 Å². The minimum Gasteiger partial charge on any atom is -0.343 e. The van der Waals surface area contributed by atoms with Gasteiger partial charge >= 0.3 is 0 Å². The van der Waals surface area contributed by atoms with Gasteiger partial charge in [-0.1, -0.05) is 12.8 Å². The van der Waals surface area contributed by atoms with Gasteiger partial charge in [-0.15, -0.1) is 0 Å². The van der Waals surface area contributed by atoms with E-state index in [-0.39, 0.29) is 11.9 Å². The van der Waals surface area contributed by atoms with Gasteiger partial charge in [0.15, 0.2) is 6.29 Å². The van der Waals surface area contributed by atoms with Gasteiger partial charge in [0, 0.05) is 43.5 Å². The largest absolute Gasteiger partial charge is 0.343 e. The lowest BCUT2D eigenvalue weighted by Crippen LogP contribution is -2.25. The quantitative estimate of drug-likeness (QED) is 0.686. The summed E-state index contributed by atoms with van der Waals surface area (Å²) >= 11 is 0. The van der Waals surface area contributed by atoms with Crippen molar-refractivity contribution in [2.45, 2.75) is 31.7 Å². The van der Waals surface area contributed by atoms with Crippen molar-refractivity contribution < 1.29 is 9.59 Å². The van der Waals surface area contributed by atoms with Crippen LogP contribution < -0.4 is 5.32 Å². The van der Waals surface area contributed by atoms with Crippen LogP contribution in [-0.2, 0) is 0 Å². The van der Waals surface area contributed by atoms with Gasteiger partial charge in [-0.2, -0.15) is 4.98 Å². The Kier molecular flexibility index (Phi) is 4.77. The second-order valence-electron chi connectivity index (χ2n) is 7.23. The van der Waals surface area contributed by atoms with Gasteiger partial charge in [-0.3, -0.25) is 9.59 Å². The fourth-order valence-electron chi connectivity index (χ4n) is 3.66. The number of hydrogen-bond acceptors (Lipinski definition) is 6. The van der Waals surface area contributed by atoms with E-state index in [1.807, 2.05) is 6.07 Å². The number of fused-ring (bicyclic) bond motifs is 1. The molecule has 0 unspecified atom stereocenters. The Labute approximate surface area is 162 Å². The molecular formula is C20H22N6O2. The first-order valence-electron chi connectivity index (χ1n) is 9.34. The summed E-state index contributed by atoms with van der Waals surface area (Å²) in [5.41, 5.74) is 1.90. The molecule has 3 heterocycles. The zero-order valence-corrected chi connectivity index (χ0v) is 15.9. The van der Waals surface area contributed by atoms with Crippen LogP contribution in [0.3, 0.4) is 0 Å². The predicted molar refractivity (Wildman–Crippen MR) is 106 cm³/mol. The van der Waals surface area contributed by atoms with Gasteiger partial charge in [0.1, 0.15) is 17.2 Å². The van der Waals surface area contributed by atoms with E-state index in [9.17, 15) is 9.59 Å². The third kappa shape index (κ3) is 3.33. The molecule has 0 radical (unpaired) electrons. The first kappa shape index (κ1) is 18.1. The fraction of sp³-hybridized carbons (Fsp3) is 0.350. The molecule has 3 aromatic heterocycles. The summed E-state index contributed by atoms with van der Waals surface area (Å²) in [5.74, 6) is 0.916. The van der Waals surface area contributed by atoms with E-state index >= 15 is 0 Å².